The van der Waals surface area contributed by atoms with Gasteiger partial charge in [-0.1, -0.05) is 29.8 Å². The SMILES string of the molecule is Cc1ccc(C)c(CC(=O)N2CCN(Cc3ccc4c(c3)OCO4)CC2)c1. The molecule has 0 saturated carbocycles. The first-order chi connectivity index (χ1) is 13.1. The molecule has 1 fully saturated rings. The van der Waals surface area contributed by atoms with Crippen LogP contribution in [0.25, 0.3) is 0 Å². The molecular formula is C22H26N2O3. The van der Waals surface area contributed by atoms with E-state index in [1.54, 1.807) is 0 Å². The smallest absolute Gasteiger partial charge is 0.231 e. The van der Waals surface area contributed by atoms with Crippen LogP contribution in [0.15, 0.2) is 36.4 Å². The van der Waals surface area contributed by atoms with Gasteiger partial charge in [0.15, 0.2) is 11.5 Å². The Morgan fingerprint density at radius 2 is 1.74 bits per heavy atom. The van der Waals surface area contributed by atoms with E-state index in [4.69, 9.17) is 9.47 Å². The number of benzene rings is 2. The maximum Gasteiger partial charge on any atom is 0.231 e. The molecule has 0 bridgehead atoms. The zero-order chi connectivity index (χ0) is 18.8. The Morgan fingerprint density at radius 1 is 0.963 bits per heavy atom. The second-order valence-corrected chi connectivity index (χ2v) is 7.45. The predicted octanol–water partition coefficient (Wildman–Crippen LogP) is 2.92. The minimum atomic E-state index is 0.228. The summed E-state index contributed by atoms with van der Waals surface area (Å²) in [6.45, 7) is 8.69. The quantitative estimate of drug-likeness (QED) is 0.834. The van der Waals surface area contributed by atoms with Crippen LogP contribution in [0, 0.1) is 13.8 Å². The van der Waals surface area contributed by atoms with E-state index in [0.29, 0.717) is 13.2 Å². The van der Waals surface area contributed by atoms with E-state index < -0.39 is 0 Å². The van der Waals surface area contributed by atoms with E-state index in [1.165, 1.54) is 16.7 Å². The van der Waals surface area contributed by atoms with Gasteiger partial charge in [0, 0.05) is 32.7 Å². The number of aryl methyl sites for hydroxylation is 2. The number of piperazine rings is 1. The van der Waals surface area contributed by atoms with Crippen LogP contribution in [0.4, 0.5) is 0 Å². The summed E-state index contributed by atoms with van der Waals surface area (Å²) in [6.07, 6.45) is 0.496. The lowest BCUT2D eigenvalue weighted by atomic mass is 10.0. The first-order valence-electron chi connectivity index (χ1n) is 9.53. The average Bonchev–Trinajstić information content (AvgIpc) is 3.13. The fraction of sp³-hybridized carbons (Fsp3) is 0.409. The minimum absolute atomic E-state index is 0.228. The normalized spacial score (nSPS) is 16.6. The second kappa shape index (κ2) is 7.61. The summed E-state index contributed by atoms with van der Waals surface area (Å²) in [4.78, 5) is 17.1. The van der Waals surface area contributed by atoms with E-state index in [1.807, 2.05) is 11.0 Å². The highest BCUT2D eigenvalue weighted by Gasteiger charge is 2.22. The molecule has 2 aromatic rings. The number of hydrogen-bond acceptors (Lipinski definition) is 4. The highest BCUT2D eigenvalue weighted by Crippen LogP contribution is 2.32. The van der Waals surface area contributed by atoms with Crippen molar-refractivity contribution in [1.82, 2.24) is 9.80 Å². The van der Waals surface area contributed by atoms with Crippen molar-refractivity contribution in [3.63, 3.8) is 0 Å². The Morgan fingerprint density at radius 3 is 2.56 bits per heavy atom. The molecule has 142 valence electrons. The molecule has 1 amide bonds. The molecule has 0 spiro atoms. The number of nitrogens with zero attached hydrogens (tertiary/aromatic N) is 2. The highest BCUT2D eigenvalue weighted by atomic mass is 16.7. The van der Waals surface area contributed by atoms with Crippen LogP contribution in [0.2, 0.25) is 0 Å². The first kappa shape index (κ1) is 17.9. The number of ether oxygens (including phenoxy) is 2. The number of amides is 1. The number of hydrogen-bond donors (Lipinski definition) is 0. The summed E-state index contributed by atoms with van der Waals surface area (Å²) >= 11 is 0. The molecule has 5 nitrogen and oxygen atoms in total. The second-order valence-electron chi connectivity index (χ2n) is 7.45. The fourth-order valence-electron chi connectivity index (χ4n) is 3.72. The van der Waals surface area contributed by atoms with Crippen LogP contribution in [0.5, 0.6) is 11.5 Å². The van der Waals surface area contributed by atoms with Crippen molar-refractivity contribution in [2.24, 2.45) is 0 Å². The van der Waals surface area contributed by atoms with Crippen molar-refractivity contribution in [1.29, 1.82) is 0 Å². The average molecular weight is 366 g/mol. The Labute approximate surface area is 160 Å². The molecule has 0 aliphatic carbocycles. The summed E-state index contributed by atoms with van der Waals surface area (Å²) in [5.41, 5.74) is 4.75. The predicted molar refractivity (Wildman–Crippen MR) is 104 cm³/mol. The summed E-state index contributed by atoms with van der Waals surface area (Å²) in [7, 11) is 0. The van der Waals surface area contributed by atoms with Gasteiger partial charge >= 0.3 is 0 Å². The fourth-order valence-corrected chi connectivity index (χ4v) is 3.72. The van der Waals surface area contributed by atoms with Gasteiger partial charge in [-0.2, -0.15) is 0 Å². The van der Waals surface area contributed by atoms with Crippen molar-refractivity contribution in [3.8, 4) is 11.5 Å². The van der Waals surface area contributed by atoms with E-state index in [9.17, 15) is 4.79 Å². The highest BCUT2D eigenvalue weighted by molar-refractivity contribution is 5.79. The molecule has 2 aliphatic rings. The van der Waals surface area contributed by atoms with Crippen molar-refractivity contribution in [2.45, 2.75) is 26.8 Å². The molecule has 2 aromatic carbocycles. The Bertz CT molecular complexity index is 841. The summed E-state index contributed by atoms with van der Waals surface area (Å²) in [6, 6.07) is 12.4. The molecule has 5 heteroatoms. The van der Waals surface area contributed by atoms with Crippen LogP contribution in [0.3, 0.4) is 0 Å². The monoisotopic (exact) mass is 366 g/mol. The Balaban J connectivity index is 1.30. The van der Waals surface area contributed by atoms with E-state index in [0.717, 1.165) is 49.8 Å². The van der Waals surface area contributed by atoms with E-state index in [2.05, 4.69) is 49.1 Å². The van der Waals surface area contributed by atoms with Crippen LogP contribution in [0.1, 0.15) is 22.3 Å². The first-order valence-corrected chi connectivity index (χ1v) is 9.53. The van der Waals surface area contributed by atoms with Crippen LogP contribution < -0.4 is 9.47 Å². The zero-order valence-corrected chi connectivity index (χ0v) is 16.0. The summed E-state index contributed by atoms with van der Waals surface area (Å²) in [5, 5.41) is 0. The lowest BCUT2D eigenvalue weighted by molar-refractivity contribution is -0.132. The number of rotatable bonds is 4. The molecule has 0 radical (unpaired) electrons. The third-order valence-electron chi connectivity index (χ3n) is 5.41. The van der Waals surface area contributed by atoms with E-state index in [-0.39, 0.29) is 5.91 Å². The van der Waals surface area contributed by atoms with Crippen molar-refractivity contribution in [3.05, 3.63) is 58.7 Å². The molecule has 2 aliphatic heterocycles. The summed E-state index contributed by atoms with van der Waals surface area (Å²) in [5.74, 6) is 1.88. The molecule has 2 heterocycles. The van der Waals surface area contributed by atoms with Gasteiger partial charge in [0.05, 0.1) is 6.42 Å². The lowest BCUT2D eigenvalue weighted by Crippen LogP contribution is -2.48. The van der Waals surface area contributed by atoms with Gasteiger partial charge in [-0.25, -0.2) is 0 Å². The molecule has 0 atom stereocenters. The lowest BCUT2D eigenvalue weighted by Gasteiger charge is -2.35. The molecule has 27 heavy (non-hydrogen) atoms. The van der Waals surface area contributed by atoms with Crippen LogP contribution >= 0.6 is 0 Å². The molecule has 0 aromatic heterocycles. The van der Waals surface area contributed by atoms with Gasteiger partial charge in [-0.15, -0.1) is 0 Å². The topological polar surface area (TPSA) is 42.0 Å². The van der Waals surface area contributed by atoms with Crippen molar-refractivity contribution >= 4 is 5.91 Å². The maximum absolute atomic E-state index is 12.7. The molecular weight excluding hydrogens is 340 g/mol. The Kier molecular flexibility index (Phi) is 5.03. The van der Waals surface area contributed by atoms with Gasteiger partial charge in [-0.3, -0.25) is 9.69 Å². The summed E-state index contributed by atoms with van der Waals surface area (Å²) < 4.78 is 10.8. The van der Waals surface area contributed by atoms with Gasteiger partial charge in [0.25, 0.3) is 0 Å². The maximum atomic E-state index is 12.7. The van der Waals surface area contributed by atoms with Gasteiger partial charge in [0.2, 0.25) is 12.7 Å². The third kappa shape index (κ3) is 4.08. The van der Waals surface area contributed by atoms with E-state index >= 15 is 0 Å². The molecule has 1 saturated heterocycles. The molecule has 4 rings (SSSR count). The van der Waals surface area contributed by atoms with Gasteiger partial charge in [-0.05, 0) is 42.7 Å². The van der Waals surface area contributed by atoms with Crippen molar-refractivity contribution < 1.29 is 14.3 Å². The van der Waals surface area contributed by atoms with Crippen LogP contribution in [-0.4, -0.2) is 48.7 Å². The molecule has 0 unspecified atom stereocenters. The third-order valence-corrected chi connectivity index (χ3v) is 5.41. The zero-order valence-electron chi connectivity index (χ0n) is 16.0. The number of fused-ring (bicyclic) bond motifs is 1. The standard InChI is InChI=1S/C22H26N2O3/c1-16-3-4-17(2)19(11-16)13-22(25)24-9-7-23(8-10-24)14-18-5-6-20-21(12-18)27-15-26-20/h3-6,11-12H,7-10,13-15H2,1-2H3. The van der Waals surface area contributed by atoms with Gasteiger partial charge in [0.1, 0.15) is 0 Å². The number of carbonyl (C=O) groups is 1. The van der Waals surface area contributed by atoms with Gasteiger partial charge < -0.3 is 14.4 Å². The molecule has 0 N–H and O–H groups in total. The largest absolute Gasteiger partial charge is 0.454 e. The number of carbonyl (C=O) groups excluding carboxylic acids is 1. The van der Waals surface area contributed by atoms with Crippen molar-refractivity contribution in [2.75, 3.05) is 33.0 Å². The van der Waals surface area contributed by atoms with Crippen LogP contribution in [-0.2, 0) is 17.8 Å². The minimum Gasteiger partial charge on any atom is -0.454 e. The Hall–Kier alpha value is -2.53.